The molecule has 0 bridgehead atoms. The molecule has 0 atom stereocenters. The molecule has 0 aliphatic carbocycles. The fourth-order valence-electron chi connectivity index (χ4n) is 3.20. The van der Waals surface area contributed by atoms with Crippen LogP contribution in [0.2, 0.25) is 0 Å². The molecule has 0 spiro atoms. The van der Waals surface area contributed by atoms with Crippen LogP contribution < -0.4 is 0 Å². The molecule has 3 rings (SSSR count). The lowest BCUT2D eigenvalue weighted by molar-refractivity contribution is 0.00712. The number of aromatic nitrogens is 2. The highest BCUT2D eigenvalue weighted by Gasteiger charge is 2.20. The van der Waals surface area contributed by atoms with Crippen LogP contribution in [0.1, 0.15) is 44.0 Å². The summed E-state index contributed by atoms with van der Waals surface area (Å²) in [6.45, 7) is 8.31. The van der Waals surface area contributed by atoms with Crippen molar-refractivity contribution in [3.05, 3.63) is 53.9 Å². The molecule has 1 aliphatic heterocycles. The number of piperidine rings is 1. The summed E-state index contributed by atoms with van der Waals surface area (Å²) in [4.78, 5) is 2.49. The van der Waals surface area contributed by atoms with Crippen LogP contribution in [0.3, 0.4) is 0 Å². The molecule has 4 heteroatoms. The molecule has 2 heterocycles. The van der Waals surface area contributed by atoms with Gasteiger partial charge in [0, 0.05) is 31.9 Å². The Morgan fingerprint density at radius 3 is 2.54 bits per heavy atom. The largest absolute Gasteiger partial charge is 0.378 e. The van der Waals surface area contributed by atoms with E-state index in [0.717, 1.165) is 45.5 Å². The molecule has 1 aromatic carbocycles. The van der Waals surface area contributed by atoms with Gasteiger partial charge in [-0.15, -0.1) is 0 Å². The van der Waals surface area contributed by atoms with Crippen molar-refractivity contribution < 1.29 is 4.74 Å². The van der Waals surface area contributed by atoms with Crippen LogP contribution in [0.15, 0.2) is 42.6 Å². The Bertz CT molecular complexity index is 600. The minimum atomic E-state index is 0.415. The zero-order valence-electron chi connectivity index (χ0n) is 14.9. The van der Waals surface area contributed by atoms with Gasteiger partial charge in [0.25, 0.3) is 0 Å². The molecule has 1 aromatic heterocycles. The summed E-state index contributed by atoms with van der Waals surface area (Å²) in [6.07, 6.45) is 5.75. The molecular formula is C20H29N3O. The van der Waals surface area contributed by atoms with E-state index in [1.54, 1.807) is 0 Å². The van der Waals surface area contributed by atoms with E-state index in [1.807, 2.05) is 4.68 Å². The van der Waals surface area contributed by atoms with Crippen molar-refractivity contribution in [3.8, 4) is 0 Å². The first-order valence-corrected chi connectivity index (χ1v) is 9.12. The summed E-state index contributed by atoms with van der Waals surface area (Å²) < 4.78 is 8.11. The second-order valence-corrected chi connectivity index (χ2v) is 6.96. The fourth-order valence-corrected chi connectivity index (χ4v) is 3.20. The number of rotatable bonds is 7. The number of ether oxygens (including phenoxy) is 1. The van der Waals surface area contributed by atoms with E-state index in [4.69, 9.17) is 4.74 Å². The molecule has 1 fully saturated rings. The van der Waals surface area contributed by atoms with Gasteiger partial charge in [-0.1, -0.05) is 30.3 Å². The summed E-state index contributed by atoms with van der Waals surface area (Å²) in [6, 6.07) is 13.2. The minimum Gasteiger partial charge on any atom is -0.378 e. The maximum Gasteiger partial charge on any atom is 0.0764 e. The monoisotopic (exact) mass is 327 g/mol. The first-order valence-electron chi connectivity index (χ1n) is 9.12. The lowest BCUT2D eigenvalue weighted by Gasteiger charge is -2.31. The van der Waals surface area contributed by atoms with Gasteiger partial charge in [0.05, 0.1) is 18.4 Å². The van der Waals surface area contributed by atoms with Crippen molar-refractivity contribution in [2.75, 3.05) is 19.7 Å². The predicted octanol–water partition coefficient (Wildman–Crippen LogP) is 3.69. The van der Waals surface area contributed by atoms with E-state index < -0.39 is 0 Å². The van der Waals surface area contributed by atoms with Crippen LogP contribution in [0.5, 0.6) is 0 Å². The number of nitrogens with zero attached hydrogens (tertiary/aromatic N) is 3. The lowest BCUT2D eigenvalue weighted by Crippen LogP contribution is -2.37. The normalized spacial score (nSPS) is 16.8. The fraction of sp³-hybridized carbons (Fsp3) is 0.550. The minimum absolute atomic E-state index is 0.415. The highest BCUT2D eigenvalue weighted by molar-refractivity contribution is 5.14. The van der Waals surface area contributed by atoms with Gasteiger partial charge in [-0.2, -0.15) is 5.10 Å². The first kappa shape index (κ1) is 17.2. The highest BCUT2D eigenvalue weighted by atomic mass is 16.5. The average Bonchev–Trinajstić information content (AvgIpc) is 3.06. The Kier molecular flexibility index (Phi) is 6.05. The van der Waals surface area contributed by atoms with Crippen molar-refractivity contribution in [3.63, 3.8) is 0 Å². The Balaban J connectivity index is 1.36. The SMILES string of the molecule is CC(C)n1ccc(CN2CCC(OCCc3ccccc3)CC2)n1. The molecule has 2 aromatic rings. The van der Waals surface area contributed by atoms with Gasteiger partial charge in [-0.25, -0.2) is 0 Å². The van der Waals surface area contributed by atoms with E-state index >= 15 is 0 Å². The summed E-state index contributed by atoms with van der Waals surface area (Å²) >= 11 is 0. The molecule has 4 nitrogen and oxygen atoms in total. The van der Waals surface area contributed by atoms with Crippen LogP contribution in [0.25, 0.3) is 0 Å². The van der Waals surface area contributed by atoms with Crippen molar-refractivity contribution in [2.24, 2.45) is 0 Å². The van der Waals surface area contributed by atoms with Crippen molar-refractivity contribution >= 4 is 0 Å². The Labute approximate surface area is 145 Å². The first-order chi connectivity index (χ1) is 11.7. The van der Waals surface area contributed by atoms with Crippen LogP contribution in [-0.2, 0) is 17.7 Å². The van der Waals surface area contributed by atoms with E-state index in [1.165, 1.54) is 11.3 Å². The standard InChI is InChI=1S/C20H29N3O/c1-17(2)23-14-8-19(21-23)16-22-12-9-20(10-13-22)24-15-11-18-6-4-3-5-7-18/h3-8,14,17,20H,9-13,15-16H2,1-2H3. The molecule has 0 amide bonds. The molecule has 1 aliphatic rings. The molecule has 0 unspecified atom stereocenters. The number of hydrogen-bond donors (Lipinski definition) is 0. The third-order valence-corrected chi connectivity index (χ3v) is 4.70. The van der Waals surface area contributed by atoms with Crippen molar-refractivity contribution in [2.45, 2.75) is 51.8 Å². The number of hydrogen-bond acceptors (Lipinski definition) is 3. The van der Waals surface area contributed by atoms with Crippen LogP contribution in [-0.4, -0.2) is 40.5 Å². The van der Waals surface area contributed by atoms with Gasteiger partial charge < -0.3 is 4.74 Å². The van der Waals surface area contributed by atoms with E-state index in [0.29, 0.717) is 12.1 Å². The lowest BCUT2D eigenvalue weighted by atomic mass is 10.1. The molecule has 0 radical (unpaired) electrons. The Hall–Kier alpha value is -1.65. The van der Waals surface area contributed by atoms with E-state index in [2.05, 4.69) is 66.4 Å². The van der Waals surface area contributed by atoms with Crippen molar-refractivity contribution in [1.82, 2.24) is 14.7 Å². The topological polar surface area (TPSA) is 30.3 Å². The number of benzene rings is 1. The number of likely N-dealkylation sites (tertiary alicyclic amines) is 1. The summed E-state index contributed by atoms with van der Waals surface area (Å²) in [5.74, 6) is 0. The van der Waals surface area contributed by atoms with Gasteiger partial charge in [-0.05, 0) is 44.7 Å². The molecule has 24 heavy (non-hydrogen) atoms. The maximum atomic E-state index is 6.07. The van der Waals surface area contributed by atoms with E-state index in [9.17, 15) is 0 Å². The summed E-state index contributed by atoms with van der Waals surface area (Å²) in [7, 11) is 0. The third kappa shape index (κ3) is 4.92. The van der Waals surface area contributed by atoms with Crippen molar-refractivity contribution in [1.29, 1.82) is 0 Å². The third-order valence-electron chi connectivity index (χ3n) is 4.70. The predicted molar refractivity (Wildman–Crippen MR) is 97.0 cm³/mol. The molecule has 0 N–H and O–H groups in total. The second-order valence-electron chi connectivity index (χ2n) is 6.96. The zero-order chi connectivity index (χ0) is 16.8. The van der Waals surface area contributed by atoms with Crippen LogP contribution >= 0.6 is 0 Å². The maximum absolute atomic E-state index is 6.07. The molecule has 1 saturated heterocycles. The Morgan fingerprint density at radius 1 is 1.12 bits per heavy atom. The van der Waals surface area contributed by atoms with Gasteiger partial charge in [0.2, 0.25) is 0 Å². The van der Waals surface area contributed by atoms with Crippen LogP contribution in [0.4, 0.5) is 0 Å². The van der Waals surface area contributed by atoms with Gasteiger partial charge in [0.15, 0.2) is 0 Å². The highest BCUT2D eigenvalue weighted by Crippen LogP contribution is 2.16. The molecule has 0 saturated carbocycles. The van der Waals surface area contributed by atoms with Gasteiger partial charge in [0.1, 0.15) is 0 Å². The smallest absolute Gasteiger partial charge is 0.0764 e. The van der Waals surface area contributed by atoms with Gasteiger partial charge >= 0.3 is 0 Å². The molecule has 130 valence electrons. The quantitative estimate of drug-likeness (QED) is 0.777. The van der Waals surface area contributed by atoms with Gasteiger partial charge in [-0.3, -0.25) is 9.58 Å². The van der Waals surface area contributed by atoms with E-state index in [-0.39, 0.29) is 0 Å². The van der Waals surface area contributed by atoms with Crippen LogP contribution in [0, 0.1) is 0 Å². The second kappa shape index (κ2) is 8.45. The Morgan fingerprint density at radius 2 is 1.88 bits per heavy atom. The summed E-state index contributed by atoms with van der Waals surface area (Å²) in [5.41, 5.74) is 2.53. The average molecular weight is 327 g/mol. The zero-order valence-corrected chi connectivity index (χ0v) is 14.9. The summed E-state index contributed by atoms with van der Waals surface area (Å²) in [5, 5.41) is 4.65. The molecular weight excluding hydrogens is 298 g/mol.